The molecule has 0 saturated heterocycles. The smallest absolute Gasteiger partial charge is 0.231 e. The molecular formula is C20H25NO5. The van der Waals surface area contributed by atoms with Crippen LogP contribution in [0.4, 0.5) is 0 Å². The molecule has 26 heavy (non-hydrogen) atoms. The predicted molar refractivity (Wildman–Crippen MR) is 97.0 cm³/mol. The van der Waals surface area contributed by atoms with Crippen molar-refractivity contribution in [1.29, 1.82) is 0 Å². The fourth-order valence-corrected chi connectivity index (χ4v) is 2.91. The van der Waals surface area contributed by atoms with E-state index in [2.05, 4.69) is 0 Å². The standard InChI is InChI=1S/C20H25NO5/c22-9-8-21(11-16-4-2-1-3-5-16)12-18(23)14-24-13-17-6-7-19-20(10-17)26-15-25-19/h1-7,10,18,22-23H,8-9,11-15H2. The number of ether oxygens (including phenoxy) is 3. The monoisotopic (exact) mass is 359 g/mol. The average molecular weight is 359 g/mol. The molecule has 1 aliphatic rings. The number of hydrogen-bond acceptors (Lipinski definition) is 6. The van der Waals surface area contributed by atoms with Crippen molar-refractivity contribution < 1.29 is 24.4 Å². The lowest BCUT2D eigenvalue weighted by molar-refractivity contribution is 0.00616. The van der Waals surface area contributed by atoms with Gasteiger partial charge in [-0.15, -0.1) is 0 Å². The van der Waals surface area contributed by atoms with E-state index in [0.29, 0.717) is 26.2 Å². The number of aliphatic hydroxyl groups is 2. The van der Waals surface area contributed by atoms with Crippen LogP contribution in [0.25, 0.3) is 0 Å². The van der Waals surface area contributed by atoms with Crippen molar-refractivity contribution in [3.63, 3.8) is 0 Å². The van der Waals surface area contributed by atoms with E-state index in [0.717, 1.165) is 22.6 Å². The maximum atomic E-state index is 10.3. The first kappa shape index (κ1) is 18.7. The number of nitrogens with zero attached hydrogens (tertiary/aromatic N) is 1. The zero-order valence-electron chi connectivity index (χ0n) is 14.7. The van der Waals surface area contributed by atoms with E-state index in [1.165, 1.54) is 0 Å². The summed E-state index contributed by atoms with van der Waals surface area (Å²) in [6.45, 7) is 2.56. The number of benzene rings is 2. The van der Waals surface area contributed by atoms with Gasteiger partial charge in [-0.25, -0.2) is 0 Å². The molecule has 140 valence electrons. The topological polar surface area (TPSA) is 71.4 Å². The van der Waals surface area contributed by atoms with Gasteiger partial charge in [-0.1, -0.05) is 36.4 Å². The Hall–Kier alpha value is -2.12. The van der Waals surface area contributed by atoms with Crippen LogP contribution < -0.4 is 9.47 Å². The van der Waals surface area contributed by atoms with Crippen molar-refractivity contribution in [2.45, 2.75) is 19.3 Å². The van der Waals surface area contributed by atoms with Gasteiger partial charge in [-0.2, -0.15) is 0 Å². The van der Waals surface area contributed by atoms with Gasteiger partial charge in [0, 0.05) is 19.6 Å². The molecule has 0 spiro atoms. The van der Waals surface area contributed by atoms with E-state index in [9.17, 15) is 10.2 Å². The van der Waals surface area contributed by atoms with Gasteiger partial charge in [0.05, 0.1) is 25.9 Å². The molecule has 2 N–H and O–H groups in total. The molecule has 0 saturated carbocycles. The van der Waals surface area contributed by atoms with Gasteiger partial charge in [0.15, 0.2) is 11.5 Å². The normalized spacial score (nSPS) is 14.0. The number of aliphatic hydroxyl groups excluding tert-OH is 2. The van der Waals surface area contributed by atoms with E-state index in [1.54, 1.807) is 0 Å². The Morgan fingerprint density at radius 2 is 1.85 bits per heavy atom. The first-order valence-corrected chi connectivity index (χ1v) is 8.76. The van der Waals surface area contributed by atoms with E-state index in [1.807, 2.05) is 53.4 Å². The van der Waals surface area contributed by atoms with Crippen LogP contribution in [0.1, 0.15) is 11.1 Å². The van der Waals surface area contributed by atoms with Crippen molar-refractivity contribution in [3.05, 3.63) is 59.7 Å². The highest BCUT2D eigenvalue weighted by Crippen LogP contribution is 2.32. The van der Waals surface area contributed by atoms with Crippen LogP contribution in [0.15, 0.2) is 48.5 Å². The van der Waals surface area contributed by atoms with Gasteiger partial charge >= 0.3 is 0 Å². The van der Waals surface area contributed by atoms with Crippen LogP contribution in [0.2, 0.25) is 0 Å². The second kappa shape index (κ2) is 9.54. The Morgan fingerprint density at radius 1 is 1.04 bits per heavy atom. The quantitative estimate of drug-likeness (QED) is 0.674. The van der Waals surface area contributed by atoms with Gasteiger partial charge in [0.1, 0.15) is 0 Å². The van der Waals surface area contributed by atoms with E-state index in [4.69, 9.17) is 14.2 Å². The SMILES string of the molecule is OCCN(Cc1ccccc1)CC(O)COCc1ccc2c(c1)OCO2. The van der Waals surface area contributed by atoms with Crippen LogP contribution in [0.3, 0.4) is 0 Å². The summed E-state index contributed by atoms with van der Waals surface area (Å²) in [7, 11) is 0. The van der Waals surface area contributed by atoms with Gasteiger partial charge in [-0.3, -0.25) is 4.90 Å². The molecule has 6 nitrogen and oxygen atoms in total. The van der Waals surface area contributed by atoms with Crippen LogP contribution >= 0.6 is 0 Å². The summed E-state index contributed by atoms with van der Waals surface area (Å²) in [4.78, 5) is 2.02. The van der Waals surface area contributed by atoms with E-state index >= 15 is 0 Å². The zero-order valence-corrected chi connectivity index (χ0v) is 14.7. The molecule has 0 radical (unpaired) electrons. The van der Waals surface area contributed by atoms with Crippen molar-refractivity contribution in [2.75, 3.05) is 33.1 Å². The van der Waals surface area contributed by atoms with Crippen LogP contribution in [-0.4, -0.2) is 54.3 Å². The van der Waals surface area contributed by atoms with Crippen molar-refractivity contribution in [1.82, 2.24) is 4.90 Å². The van der Waals surface area contributed by atoms with Crippen LogP contribution in [0, 0.1) is 0 Å². The minimum Gasteiger partial charge on any atom is -0.454 e. The summed E-state index contributed by atoms with van der Waals surface area (Å²) in [6, 6.07) is 15.7. The fourth-order valence-electron chi connectivity index (χ4n) is 2.91. The lowest BCUT2D eigenvalue weighted by atomic mass is 10.2. The largest absolute Gasteiger partial charge is 0.454 e. The number of rotatable bonds is 10. The summed E-state index contributed by atoms with van der Waals surface area (Å²) in [6.07, 6.45) is -0.626. The third-order valence-electron chi connectivity index (χ3n) is 4.15. The molecule has 1 heterocycles. The van der Waals surface area contributed by atoms with Gasteiger partial charge in [0.25, 0.3) is 0 Å². The van der Waals surface area contributed by atoms with Crippen molar-refractivity contribution >= 4 is 0 Å². The average Bonchev–Trinajstić information content (AvgIpc) is 3.10. The fraction of sp³-hybridized carbons (Fsp3) is 0.400. The first-order valence-electron chi connectivity index (χ1n) is 8.76. The third kappa shape index (κ3) is 5.44. The Morgan fingerprint density at radius 3 is 2.65 bits per heavy atom. The molecule has 1 aliphatic heterocycles. The van der Waals surface area contributed by atoms with E-state index < -0.39 is 6.10 Å². The van der Waals surface area contributed by atoms with Crippen LogP contribution in [0.5, 0.6) is 11.5 Å². The highest BCUT2D eigenvalue weighted by Gasteiger charge is 2.15. The molecule has 3 rings (SSSR count). The van der Waals surface area contributed by atoms with Gasteiger partial charge in [-0.05, 0) is 23.3 Å². The molecule has 0 aliphatic carbocycles. The summed E-state index contributed by atoms with van der Waals surface area (Å²) >= 11 is 0. The molecule has 0 aromatic heterocycles. The Balaban J connectivity index is 1.43. The summed E-state index contributed by atoms with van der Waals surface area (Å²) < 4.78 is 16.3. The Labute approximate surface area is 153 Å². The molecule has 6 heteroatoms. The molecule has 1 atom stereocenters. The number of fused-ring (bicyclic) bond motifs is 1. The lowest BCUT2D eigenvalue weighted by Gasteiger charge is -2.24. The molecule has 1 unspecified atom stereocenters. The third-order valence-corrected chi connectivity index (χ3v) is 4.15. The molecule has 0 amide bonds. The maximum absolute atomic E-state index is 10.3. The Bertz CT molecular complexity index is 679. The second-order valence-electron chi connectivity index (χ2n) is 6.30. The second-order valence-corrected chi connectivity index (χ2v) is 6.30. The lowest BCUT2D eigenvalue weighted by Crippen LogP contribution is -2.36. The molecule has 0 bridgehead atoms. The summed E-state index contributed by atoms with van der Waals surface area (Å²) in [5.74, 6) is 1.47. The van der Waals surface area contributed by atoms with Crippen LogP contribution in [-0.2, 0) is 17.9 Å². The van der Waals surface area contributed by atoms with Crippen molar-refractivity contribution in [3.8, 4) is 11.5 Å². The first-order chi connectivity index (χ1) is 12.7. The van der Waals surface area contributed by atoms with Crippen molar-refractivity contribution in [2.24, 2.45) is 0 Å². The zero-order chi connectivity index (χ0) is 18.2. The minimum atomic E-state index is -0.626. The highest BCUT2D eigenvalue weighted by molar-refractivity contribution is 5.44. The highest BCUT2D eigenvalue weighted by atomic mass is 16.7. The maximum Gasteiger partial charge on any atom is 0.231 e. The van der Waals surface area contributed by atoms with E-state index in [-0.39, 0.29) is 20.0 Å². The molecule has 0 fully saturated rings. The Kier molecular flexibility index (Phi) is 6.85. The summed E-state index contributed by atoms with van der Waals surface area (Å²) in [5.41, 5.74) is 2.12. The van der Waals surface area contributed by atoms with Gasteiger partial charge in [0.2, 0.25) is 6.79 Å². The van der Waals surface area contributed by atoms with Gasteiger partial charge < -0.3 is 24.4 Å². The minimum absolute atomic E-state index is 0.0532. The number of hydrogen-bond donors (Lipinski definition) is 2. The molecule has 2 aromatic rings. The molecule has 2 aromatic carbocycles. The predicted octanol–water partition coefficient (Wildman–Crippen LogP) is 1.79. The summed E-state index contributed by atoms with van der Waals surface area (Å²) in [5, 5.41) is 19.5. The molecular weight excluding hydrogens is 334 g/mol.